The summed E-state index contributed by atoms with van der Waals surface area (Å²) in [4.78, 5) is 25.8. The van der Waals surface area contributed by atoms with E-state index in [9.17, 15) is 28.6 Å². The summed E-state index contributed by atoms with van der Waals surface area (Å²) >= 11 is 0. The van der Waals surface area contributed by atoms with Gasteiger partial charge in [-0.3, -0.25) is 9.59 Å². The Morgan fingerprint density at radius 2 is 1.69 bits per heavy atom. The molecule has 0 fully saturated rings. The molecular weight excluding hydrogens is 519 g/mol. The maximum absolute atomic E-state index is 13.7. The van der Waals surface area contributed by atoms with E-state index in [1.165, 1.54) is 41.3 Å². The van der Waals surface area contributed by atoms with E-state index in [0.717, 1.165) is 0 Å². The summed E-state index contributed by atoms with van der Waals surface area (Å²) in [7, 11) is 1.60. The number of aliphatic hydroxyl groups excluding tert-OH is 2. The Hall–Kier alpha value is -2.63. The van der Waals surface area contributed by atoms with Gasteiger partial charge in [0.15, 0.2) is 5.69 Å². The first-order chi connectivity index (χ1) is 18.0. The number of hydrogen-bond donors (Lipinski definition) is 3. The number of carbonyl (C=O) groups excluding carboxylic acids is 1. The minimum atomic E-state index is -1.19. The van der Waals surface area contributed by atoms with Gasteiger partial charge >= 0.3 is 35.5 Å². The summed E-state index contributed by atoms with van der Waals surface area (Å²) in [6.45, 7) is 3.98. The third-order valence-corrected chi connectivity index (χ3v) is 6.20. The van der Waals surface area contributed by atoms with Crippen LogP contribution in [-0.4, -0.2) is 90.7 Å². The molecule has 11 heteroatoms. The predicted molar refractivity (Wildman–Crippen MR) is 144 cm³/mol. The number of halogens is 2. The van der Waals surface area contributed by atoms with E-state index in [2.05, 4.69) is 5.10 Å². The Labute approximate surface area is 248 Å². The molecule has 8 nitrogen and oxygen atoms in total. The molecule has 0 aliphatic heterocycles. The summed E-state index contributed by atoms with van der Waals surface area (Å²) < 4.78 is 28.9. The third kappa shape index (κ3) is 8.94. The molecule has 0 aliphatic carbocycles. The van der Waals surface area contributed by atoms with Crippen molar-refractivity contribution in [1.82, 2.24) is 14.7 Å². The third-order valence-electron chi connectivity index (χ3n) is 6.20. The predicted octanol–water partition coefficient (Wildman–Crippen LogP) is 3.42. The standard InChI is InChI=1S/C28H33F2N3O5.Na.H/c1-17(2)26-24(12-11-22(34)14-23(35)15-25(36)37)33(21-9-7-19(29)8-10-21)31-27(26)28(38)32(3)16-18-5-4-6-20(30)13-18;;/h4-10,13,17,22-23,34-35H,11-12,14-16H2,1-3H3,(H,36,37);;/t22-,23-;;/m1../s1. The van der Waals surface area contributed by atoms with Crippen LogP contribution in [0.5, 0.6) is 0 Å². The van der Waals surface area contributed by atoms with Crippen LogP contribution in [-0.2, 0) is 17.8 Å². The number of carboxylic acid groups (broad SMARTS) is 1. The molecule has 1 aromatic heterocycles. The Morgan fingerprint density at radius 3 is 2.28 bits per heavy atom. The molecule has 2 aromatic carbocycles. The van der Waals surface area contributed by atoms with Crippen molar-refractivity contribution in [1.29, 1.82) is 0 Å². The molecule has 0 unspecified atom stereocenters. The van der Waals surface area contributed by atoms with Gasteiger partial charge in [-0.15, -0.1) is 0 Å². The maximum atomic E-state index is 13.7. The second kappa shape index (κ2) is 14.7. The number of nitrogens with zero attached hydrogens (tertiary/aromatic N) is 3. The number of carbonyl (C=O) groups is 2. The van der Waals surface area contributed by atoms with Crippen LogP contribution >= 0.6 is 0 Å². The van der Waals surface area contributed by atoms with Crippen LogP contribution < -0.4 is 0 Å². The summed E-state index contributed by atoms with van der Waals surface area (Å²) in [5.74, 6) is -2.51. The van der Waals surface area contributed by atoms with Crippen molar-refractivity contribution in [2.45, 2.75) is 64.2 Å². The average Bonchev–Trinajstić information content (AvgIpc) is 3.22. The molecule has 1 heterocycles. The number of carboxylic acids is 1. The van der Waals surface area contributed by atoms with Gasteiger partial charge in [0.25, 0.3) is 5.91 Å². The normalized spacial score (nSPS) is 12.6. The molecule has 0 saturated heterocycles. The van der Waals surface area contributed by atoms with Gasteiger partial charge in [-0.25, -0.2) is 13.5 Å². The van der Waals surface area contributed by atoms with Gasteiger partial charge < -0.3 is 20.2 Å². The number of benzene rings is 2. The molecule has 3 rings (SSSR count). The second-order valence-corrected chi connectivity index (χ2v) is 9.72. The Kier molecular flexibility index (Phi) is 12.3. The molecule has 39 heavy (non-hydrogen) atoms. The SMILES string of the molecule is CC(C)c1c(C(=O)N(C)Cc2cccc(F)c2)nn(-c2ccc(F)cc2)c1CC[C@@H](O)C[C@@H](O)CC(=O)O.[NaH]. The van der Waals surface area contributed by atoms with Crippen molar-refractivity contribution in [2.24, 2.45) is 0 Å². The summed E-state index contributed by atoms with van der Waals surface area (Å²) in [6.07, 6.45) is -2.33. The van der Waals surface area contributed by atoms with Gasteiger partial charge in [0.1, 0.15) is 11.6 Å². The van der Waals surface area contributed by atoms with Crippen molar-refractivity contribution in [2.75, 3.05) is 7.05 Å². The molecule has 206 valence electrons. The zero-order chi connectivity index (χ0) is 28.0. The topological polar surface area (TPSA) is 116 Å². The van der Waals surface area contributed by atoms with Crippen LogP contribution in [0.4, 0.5) is 8.78 Å². The molecule has 1 amide bonds. The van der Waals surface area contributed by atoms with Crippen LogP contribution in [0.15, 0.2) is 48.5 Å². The Balaban J connectivity index is 0.00000533. The van der Waals surface area contributed by atoms with Crippen LogP contribution in [0.25, 0.3) is 5.69 Å². The number of amides is 1. The van der Waals surface area contributed by atoms with Crippen molar-refractivity contribution in [3.63, 3.8) is 0 Å². The fourth-order valence-corrected chi connectivity index (χ4v) is 4.45. The van der Waals surface area contributed by atoms with E-state index in [0.29, 0.717) is 22.5 Å². The fraction of sp³-hybridized carbons (Fsp3) is 0.393. The fourth-order valence-electron chi connectivity index (χ4n) is 4.45. The second-order valence-electron chi connectivity index (χ2n) is 9.72. The molecule has 3 aromatic rings. The van der Waals surface area contributed by atoms with Crippen molar-refractivity contribution >= 4 is 41.4 Å². The van der Waals surface area contributed by atoms with Gasteiger partial charge in [-0.05, 0) is 67.1 Å². The van der Waals surface area contributed by atoms with Crippen LogP contribution in [0, 0.1) is 11.6 Å². The summed E-state index contributed by atoms with van der Waals surface area (Å²) in [5.41, 5.74) is 2.63. The molecule has 3 N–H and O–H groups in total. The number of aliphatic carboxylic acids is 1. The number of aliphatic hydroxyl groups is 2. The van der Waals surface area contributed by atoms with E-state index < -0.39 is 36.2 Å². The number of aromatic nitrogens is 2. The first kappa shape index (κ1) is 32.6. The zero-order valence-electron chi connectivity index (χ0n) is 21.6. The minimum absolute atomic E-state index is 0. The van der Waals surface area contributed by atoms with Gasteiger partial charge in [0.05, 0.1) is 24.3 Å². The van der Waals surface area contributed by atoms with Gasteiger partial charge in [0, 0.05) is 24.8 Å². The molecule has 0 bridgehead atoms. The Bertz CT molecular complexity index is 1270. The van der Waals surface area contributed by atoms with Crippen LogP contribution in [0.2, 0.25) is 0 Å². The Morgan fingerprint density at radius 1 is 1.03 bits per heavy atom. The zero-order valence-corrected chi connectivity index (χ0v) is 21.6. The van der Waals surface area contributed by atoms with E-state index >= 15 is 0 Å². The van der Waals surface area contributed by atoms with E-state index in [4.69, 9.17) is 5.11 Å². The molecule has 0 spiro atoms. The molecule has 0 aliphatic rings. The first-order valence-corrected chi connectivity index (χ1v) is 12.4. The number of hydrogen-bond acceptors (Lipinski definition) is 5. The quantitative estimate of drug-likeness (QED) is 0.296. The first-order valence-electron chi connectivity index (χ1n) is 12.4. The summed E-state index contributed by atoms with van der Waals surface area (Å²) in [6, 6.07) is 11.6. The molecule has 0 radical (unpaired) electrons. The molecule has 0 saturated carbocycles. The van der Waals surface area contributed by atoms with Crippen molar-refractivity contribution in [3.8, 4) is 5.69 Å². The van der Waals surface area contributed by atoms with Gasteiger partial charge in [-0.2, -0.15) is 5.10 Å². The van der Waals surface area contributed by atoms with E-state index in [-0.39, 0.29) is 72.9 Å². The molecule has 2 atom stereocenters. The average molecular weight is 554 g/mol. The van der Waals surface area contributed by atoms with Gasteiger partial charge in [0.2, 0.25) is 0 Å². The van der Waals surface area contributed by atoms with Crippen molar-refractivity contribution < 1.29 is 33.7 Å². The van der Waals surface area contributed by atoms with Crippen LogP contribution in [0.3, 0.4) is 0 Å². The monoisotopic (exact) mass is 553 g/mol. The molecular formula is C28H34F2N3NaO5. The van der Waals surface area contributed by atoms with Crippen LogP contribution in [0.1, 0.15) is 66.3 Å². The van der Waals surface area contributed by atoms with Gasteiger partial charge in [-0.1, -0.05) is 26.0 Å². The van der Waals surface area contributed by atoms with E-state index in [1.807, 2.05) is 13.8 Å². The van der Waals surface area contributed by atoms with Crippen molar-refractivity contribution in [3.05, 3.63) is 82.7 Å². The summed E-state index contributed by atoms with van der Waals surface area (Å²) in [5, 5.41) is 33.8. The van der Waals surface area contributed by atoms with E-state index in [1.54, 1.807) is 23.9 Å². The number of rotatable bonds is 12.